The summed E-state index contributed by atoms with van der Waals surface area (Å²) in [5.74, 6) is -0.551. The molecule has 0 aliphatic heterocycles. The van der Waals surface area contributed by atoms with Crippen LogP contribution < -0.4 is 5.43 Å². The van der Waals surface area contributed by atoms with Gasteiger partial charge < -0.3 is 10.2 Å². The van der Waals surface area contributed by atoms with E-state index in [-0.39, 0.29) is 17.1 Å². The first kappa shape index (κ1) is 16.6. The highest BCUT2D eigenvalue weighted by atomic mass is 16.3. The summed E-state index contributed by atoms with van der Waals surface area (Å²) in [6.45, 7) is 0. The third kappa shape index (κ3) is 3.18. The number of phenols is 2. The van der Waals surface area contributed by atoms with Crippen molar-refractivity contribution in [1.82, 2.24) is 5.43 Å². The van der Waals surface area contributed by atoms with Gasteiger partial charge in [-0.15, -0.1) is 0 Å². The number of aromatic hydroxyl groups is 2. The molecule has 5 heteroatoms. The minimum atomic E-state index is -0.533. The molecule has 0 aliphatic carbocycles. The van der Waals surface area contributed by atoms with E-state index in [0.29, 0.717) is 10.9 Å². The van der Waals surface area contributed by atoms with Crippen LogP contribution in [0.5, 0.6) is 11.5 Å². The molecule has 4 rings (SSSR count). The Kier molecular flexibility index (Phi) is 4.18. The number of nitrogens with zero attached hydrogens (tertiary/aromatic N) is 1. The van der Waals surface area contributed by atoms with Crippen molar-refractivity contribution in [3.8, 4) is 11.5 Å². The lowest BCUT2D eigenvalue weighted by Gasteiger charge is -2.06. The van der Waals surface area contributed by atoms with Crippen molar-refractivity contribution in [2.24, 2.45) is 5.10 Å². The van der Waals surface area contributed by atoms with Gasteiger partial charge >= 0.3 is 0 Å². The standard InChI is InChI=1S/C22H16N2O3/c25-20-12-16-7-2-1-6-15(16)11-19(20)22(27)24-23-13-17-10-9-14-5-3-4-8-18(14)21(17)26/h1-13,25-26H,(H,24,27)/b23-13-. The third-order valence-corrected chi connectivity index (χ3v) is 4.41. The number of phenolic OH excluding ortho intramolecular Hbond substituents is 2. The molecule has 0 bridgehead atoms. The fourth-order valence-corrected chi connectivity index (χ4v) is 3.01. The van der Waals surface area contributed by atoms with E-state index >= 15 is 0 Å². The van der Waals surface area contributed by atoms with E-state index in [9.17, 15) is 15.0 Å². The van der Waals surface area contributed by atoms with Crippen LogP contribution in [0.25, 0.3) is 21.5 Å². The van der Waals surface area contributed by atoms with E-state index in [1.165, 1.54) is 6.21 Å². The van der Waals surface area contributed by atoms with Gasteiger partial charge in [0.25, 0.3) is 5.91 Å². The molecule has 0 fully saturated rings. The Balaban J connectivity index is 1.57. The molecule has 0 saturated carbocycles. The molecule has 3 N–H and O–H groups in total. The lowest BCUT2D eigenvalue weighted by atomic mass is 10.1. The average molecular weight is 356 g/mol. The van der Waals surface area contributed by atoms with Crippen LogP contribution in [0.15, 0.2) is 77.9 Å². The number of nitrogens with one attached hydrogen (secondary N) is 1. The highest BCUT2D eigenvalue weighted by Crippen LogP contribution is 2.27. The van der Waals surface area contributed by atoms with Gasteiger partial charge in [-0.2, -0.15) is 5.10 Å². The maximum absolute atomic E-state index is 12.3. The van der Waals surface area contributed by atoms with Crippen LogP contribution in [0.1, 0.15) is 15.9 Å². The zero-order valence-corrected chi connectivity index (χ0v) is 14.3. The lowest BCUT2D eigenvalue weighted by Crippen LogP contribution is -2.17. The van der Waals surface area contributed by atoms with E-state index in [1.807, 2.05) is 54.6 Å². The van der Waals surface area contributed by atoms with Gasteiger partial charge in [0, 0.05) is 10.9 Å². The fraction of sp³-hybridized carbons (Fsp3) is 0. The molecule has 0 unspecified atom stereocenters. The maximum atomic E-state index is 12.3. The zero-order chi connectivity index (χ0) is 18.8. The number of amides is 1. The predicted molar refractivity (Wildman–Crippen MR) is 106 cm³/mol. The Labute approximate surface area is 155 Å². The summed E-state index contributed by atoms with van der Waals surface area (Å²) in [5.41, 5.74) is 3.00. The smallest absolute Gasteiger partial charge is 0.275 e. The van der Waals surface area contributed by atoms with Crippen molar-refractivity contribution in [3.05, 3.63) is 83.9 Å². The van der Waals surface area contributed by atoms with E-state index in [2.05, 4.69) is 10.5 Å². The Bertz CT molecular complexity index is 1200. The SMILES string of the molecule is O=C(N/N=C\c1ccc2ccccc2c1O)c1cc2ccccc2cc1O. The zero-order valence-electron chi connectivity index (χ0n) is 14.3. The lowest BCUT2D eigenvalue weighted by molar-refractivity contribution is 0.0952. The molecule has 0 radical (unpaired) electrons. The van der Waals surface area contributed by atoms with Gasteiger partial charge in [0.15, 0.2) is 0 Å². The van der Waals surface area contributed by atoms with Gasteiger partial charge in [-0.1, -0.05) is 54.6 Å². The molecular formula is C22H16N2O3. The van der Waals surface area contributed by atoms with Gasteiger partial charge in [0.05, 0.1) is 11.8 Å². The van der Waals surface area contributed by atoms with Crippen LogP contribution in [-0.2, 0) is 0 Å². The molecule has 0 saturated heterocycles. The van der Waals surface area contributed by atoms with E-state index in [4.69, 9.17) is 0 Å². The van der Waals surface area contributed by atoms with Crippen LogP contribution in [0.3, 0.4) is 0 Å². The summed E-state index contributed by atoms with van der Waals surface area (Å²) in [6, 6.07) is 21.6. The number of rotatable bonds is 3. The molecule has 0 aliphatic rings. The first-order valence-electron chi connectivity index (χ1n) is 8.39. The van der Waals surface area contributed by atoms with Crippen molar-refractivity contribution in [2.75, 3.05) is 0 Å². The number of carbonyl (C=O) groups is 1. The van der Waals surface area contributed by atoms with Gasteiger partial charge in [0.2, 0.25) is 0 Å². The molecule has 132 valence electrons. The maximum Gasteiger partial charge on any atom is 0.275 e. The summed E-state index contributed by atoms with van der Waals surface area (Å²) in [7, 11) is 0. The average Bonchev–Trinajstić information content (AvgIpc) is 2.69. The molecule has 4 aromatic rings. The number of hydrogen-bond donors (Lipinski definition) is 3. The number of hydrogen-bond acceptors (Lipinski definition) is 4. The minimum absolute atomic E-state index is 0.0969. The summed E-state index contributed by atoms with van der Waals surface area (Å²) >= 11 is 0. The topological polar surface area (TPSA) is 81.9 Å². The molecule has 1 amide bonds. The summed E-state index contributed by atoms with van der Waals surface area (Å²) in [6.07, 6.45) is 1.37. The highest BCUT2D eigenvalue weighted by Gasteiger charge is 2.12. The van der Waals surface area contributed by atoms with Gasteiger partial charge in [0.1, 0.15) is 11.5 Å². The quantitative estimate of drug-likeness (QED) is 0.381. The van der Waals surface area contributed by atoms with Crippen molar-refractivity contribution >= 4 is 33.7 Å². The Hall–Kier alpha value is -3.86. The molecule has 5 nitrogen and oxygen atoms in total. The van der Waals surface area contributed by atoms with Gasteiger partial charge in [-0.05, 0) is 34.4 Å². The Morgan fingerprint density at radius 3 is 2.30 bits per heavy atom. The summed E-state index contributed by atoms with van der Waals surface area (Å²) in [4.78, 5) is 12.3. The molecule has 0 aromatic heterocycles. The van der Waals surface area contributed by atoms with Gasteiger partial charge in [-0.25, -0.2) is 5.43 Å². The number of benzene rings is 4. The van der Waals surface area contributed by atoms with Crippen molar-refractivity contribution in [1.29, 1.82) is 0 Å². The second kappa shape index (κ2) is 6.80. The second-order valence-electron chi connectivity index (χ2n) is 6.14. The summed E-state index contributed by atoms with van der Waals surface area (Å²) in [5, 5.41) is 27.7. The van der Waals surface area contributed by atoms with Gasteiger partial charge in [-0.3, -0.25) is 4.79 Å². The highest BCUT2D eigenvalue weighted by molar-refractivity contribution is 6.02. The first-order chi connectivity index (χ1) is 13.1. The summed E-state index contributed by atoms with van der Waals surface area (Å²) < 4.78 is 0. The first-order valence-corrected chi connectivity index (χ1v) is 8.39. The van der Waals surface area contributed by atoms with E-state index < -0.39 is 5.91 Å². The van der Waals surface area contributed by atoms with Crippen LogP contribution in [0, 0.1) is 0 Å². The van der Waals surface area contributed by atoms with E-state index in [0.717, 1.165) is 16.2 Å². The molecule has 0 spiro atoms. The largest absolute Gasteiger partial charge is 0.507 e. The van der Waals surface area contributed by atoms with E-state index in [1.54, 1.807) is 18.2 Å². The second-order valence-corrected chi connectivity index (χ2v) is 6.14. The van der Waals surface area contributed by atoms with Crippen LogP contribution in [0.2, 0.25) is 0 Å². The normalized spacial score (nSPS) is 11.3. The third-order valence-electron chi connectivity index (χ3n) is 4.41. The monoisotopic (exact) mass is 356 g/mol. The van der Waals surface area contributed by atoms with Crippen molar-refractivity contribution in [3.63, 3.8) is 0 Å². The predicted octanol–water partition coefficient (Wildman–Crippen LogP) is 4.17. The number of fused-ring (bicyclic) bond motifs is 2. The molecule has 0 heterocycles. The van der Waals surface area contributed by atoms with Crippen LogP contribution >= 0.6 is 0 Å². The number of hydrazone groups is 1. The van der Waals surface area contributed by atoms with Crippen LogP contribution in [0.4, 0.5) is 0 Å². The molecule has 0 atom stereocenters. The minimum Gasteiger partial charge on any atom is -0.507 e. The number of carbonyl (C=O) groups excluding carboxylic acids is 1. The molecule has 4 aromatic carbocycles. The van der Waals surface area contributed by atoms with Crippen LogP contribution in [-0.4, -0.2) is 22.3 Å². The van der Waals surface area contributed by atoms with Crippen molar-refractivity contribution < 1.29 is 15.0 Å². The molecular weight excluding hydrogens is 340 g/mol. The molecule has 27 heavy (non-hydrogen) atoms. The van der Waals surface area contributed by atoms with Crippen molar-refractivity contribution in [2.45, 2.75) is 0 Å². The Morgan fingerprint density at radius 1 is 0.852 bits per heavy atom. The Morgan fingerprint density at radius 2 is 1.52 bits per heavy atom. The fourth-order valence-electron chi connectivity index (χ4n) is 3.01.